The maximum absolute atomic E-state index is 13.1. The fourth-order valence-corrected chi connectivity index (χ4v) is 3.57. The van der Waals surface area contributed by atoms with Crippen LogP contribution in [0.4, 0.5) is 10.1 Å². The summed E-state index contributed by atoms with van der Waals surface area (Å²) in [6.07, 6.45) is 1.72. The van der Waals surface area contributed by atoms with Gasteiger partial charge in [0.05, 0.1) is 16.1 Å². The van der Waals surface area contributed by atoms with Crippen molar-refractivity contribution in [2.45, 2.75) is 0 Å². The number of nitrogens with zero attached hydrogens (tertiary/aromatic N) is 5. The van der Waals surface area contributed by atoms with Crippen molar-refractivity contribution in [3.63, 3.8) is 0 Å². The highest BCUT2D eigenvalue weighted by molar-refractivity contribution is 7.13. The second kappa shape index (κ2) is 7.45. The molecular formula is C21H13FN6OS. The molecule has 5 aromatic rings. The molecule has 1 amide bonds. The van der Waals surface area contributed by atoms with Gasteiger partial charge in [-0.05, 0) is 48.5 Å². The highest BCUT2D eigenvalue weighted by Crippen LogP contribution is 2.25. The van der Waals surface area contributed by atoms with Gasteiger partial charge in [0.1, 0.15) is 5.82 Å². The van der Waals surface area contributed by atoms with Crippen LogP contribution in [0.25, 0.3) is 27.6 Å². The van der Waals surface area contributed by atoms with Gasteiger partial charge in [0.15, 0.2) is 11.5 Å². The Morgan fingerprint density at radius 2 is 1.90 bits per heavy atom. The largest absolute Gasteiger partial charge is 0.322 e. The van der Waals surface area contributed by atoms with Gasteiger partial charge < -0.3 is 5.32 Å². The first-order valence-corrected chi connectivity index (χ1v) is 9.84. The first-order chi connectivity index (χ1) is 14.7. The monoisotopic (exact) mass is 416 g/mol. The second-order valence-corrected chi connectivity index (χ2v) is 7.31. The summed E-state index contributed by atoms with van der Waals surface area (Å²) in [5, 5.41) is 15.9. The Morgan fingerprint density at radius 1 is 1.03 bits per heavy atom. The second-order valence-electron chi connectivity index (χ2n) is 6.42. The first kappa shape index (κ1) is 18.1. The summed E-state index contributed by atoms with van der Waals surface area (Å²) < 4.78 is 14.7. The Labute approximate surface area is 173 Å². The van der Waals surface area contributed by atoms with Gasteiger partial charge >= 0.3 is 0 Å². The number of hydrogen-bond donors (Lipinski definition) is 1. The Hall–Kier alpha value is -3.98. The van der Waals surface area contributed by atoms with Gasteiger partial charge in [-0.25, -0.2) is 4.39 Å². The van der Waals surface area contributed by atoms with Crippen molar-refractivity contribution in [2.24, 2.45) is 0 Å². The molecule has 5 rings (SSSR count). The molecule has 0 bridgehead atoms. The fourth-order valence-electron chi connectivity index (χ4n) is 2.98. The number of anilines is 1. The Balaban J connectivity index is 1.46. The molecule has 0 aliphatic rings. The van der Waals surface area contributed by atoms with Gasteiger partial charge in [-0.15, -0.1) is 21.5 Å². The minimum Gasteiger partial charge on any atom is -0.322 e. The maximum Gasteiger partial charge on any atom is 0.255 e. The van der Waals surface area contributed by atoms with Crippen molar-refractivity contribution in [1.82, 2.24) is 24.8 Å². The average molecular weight is 416 g/mol. The molecule has 9 heteroatoms. The summed E-state index contributed by atoms with van der Waals surface area (Å²) in [6.45, 7) is 0. The highest BCUT2D eigenvalue weighted by atomic mass is 32.1. The van der Waals surface area contributed by atoms with Crippen LogP contribution in [0, 0.1) is 5.82 Å². The zero-order chi connectivity index (χ0) is 20.5. The van der Waals surface area contributed by atoms with E-state index in [0.717, 1.165) is 10.4 Å². The van der Waals surface area contributed by atoms with E-state index in [1.807, 2.05) is 30.3 Å². The molecule has 0 aliphatic heterocycles. The lowest BCUT2D eigenvalue weighted by molar-refractivity contribution is 0.102. The van der Waals surface area contributed by atoms with E-state index in [0.29, 0.717) is 28.4 Å². The summed E-state index contributed by atoms with van der Waals surface area (Å²) in [6, 6.07) is 16.4. The number of carbonyl (C=O) groups is 1. The smallest absolute Gasteiger partial charge is 0.255 e. The molecule has 0 radical (unpaired) electrons. The third-order valence-electron chi connectivity index (χ3n) is 4.44. The highest BCUT2D eigenvalue weighted by Gasteiger charge is 2.13. The van der Waals surface area contributed by atoms with E-state index < -0.39 is 0 Å². The number of carbonyl (C=O) groups excluding carboxylic acids is 1. The quantitative estimate of drug-likeness (QED) is 0.472. The number of aromatic nitrogens is 5. The molecule has 7 nitrogen and oxygen atoms in total. The minimum atomic E-state index is -0.387. The molecule has 0 unspecified atom stereocenters. The van der Waals surface area contributed by atoms with Crippen LogP contribution in [0.1, 0.15) is 10.4 Å². The number of nitrogens with one attached hydrogen (secondary N) is 1. The summed E-state index contributed by atoms with van der Waals surface area (Å²) in [5.41, 5.74) is 4.86. The van der Waals surface area contributed by atoms with Gasteiger partial charge in [0.2, 0.25) is 0 Å². The zero-order valence-electron chi connectivity index (χ0n) is 15.4. The molecule has 0 saturated carbocycles. The lowest BCUT2D eigenvalue weighted by Gasteiger charge is -2.08. The number of fused-ring (bicyclic) bond motifs is 1. The average Bonchev–Trinajstić information content (AvgIpc) is 3.43. The predicted octanol–water partition coefficient (Wildman–Crippen LogP) is 4.31. The van der Waals surface area contributed by atoms with Crippen molar-refractivity contribution in [3.8, 4) is 22.0 Å². The molecule has 3 aromatic heterocycles. The van der Waals surface area contributed by atoms with Crippen LogP contribution < -0.4 is 5.32 Å². The zero-order valence-corrected chi connectivity index (χ0v) is 16.2. The third kappa shape index (κ3) is 3.42. The lowest BCUT2D eigenvalue weighted by Crippen LogP contribution is -2.11. The van der Waals surface area contributed by atoms with Crippen LogP contribution >= 0.6 is 11.3 Å². The number of amides is 1. The number of thiazole rings is 1. The number of rotatable bonds is 4. The summed E-state index contributed by atoms with van der Waals surface area (Å²) in [4.78, 5) is 17.4. The van der Waals surface area contributed by atoms with Crippen LogP contribution in [0.3, 0.4) is 0 Å². The summed E-state index contributed by atoms with van der Waals surface area (Å²) in [7, 11) is 0. The van der Waals surface area contributed by atoms with Crippen LogP contribution in [0.2, 0.25) is 0 Å². The molecule has 0 spiro atoms. The van der Waals surface area contributed by atoms with Gasteiger partial charge in [0, 0.05) is 23.0 Å². The predicted molar refractivity (Wildman–Crippen MR) is 112 cm³/mol. The van der Waals surface area contributed by atoms with E-state index in [1.54, 1.807) is 22.3 Å². The molecule has 2 aromatic carbocycles. The van der Waals surface area contributed by atoms with Crippen molar-refractivity contribution in [3.05, 3.63) is 83.8 Å². The molecule has 30 heavy (non-hydrogen) atoms. The number of hydrogen-bond acceptors (Lipinski definition) is 6. The van der Waals surface area contributed by atoms with Crippen molar-refractivity contribution >= 4 is 28.6 Å². The Morgan fingerprint density at radius 3 is 2.70 bits per heavy atom. The van der Waals surface area contributed by atoms with Crippen LogP contribution in [0.5, 0.6) is 0 Å². The van der Waals surface area contributed by atoms with E-state index in [4.69, 9.17) is 0 Å². The lowest BCUT2D eigenvalue weighted by atomic mass is 10.1. The van der Waals surface area contributed by atoms with Crippen molar-refractivity contribution < 1.29 is 9.18 Å². The normalized spacial score (nSPS) is 11.0. The van der Waals surface area contributed by atoms with E-state index in [2.05, 4.69) is 25.6 Å². The summed E-state index contributed by atoms with van der Waals surface area (Å²) >= 11 is 1.46. The standard InChI is InChI=1S/C21H13FN6OS/c22-15-6-4-13(5-7-15)21(29)24-16-3-1-2-14(10-16)17-8-9-19-25-26-20(28(19)27-17)18-11-23-12-30-18/h1-12H,(H,24,29). The fraction of sp³-hybridized carbons (Fsp3) is 0. The van der Waals surface area contributed by atoms with Crippen molar-refractivity contribution in [2.75, 3.05) is 5.32 Å². The topological polar surface area (TPSA) is 85.1 Å². The Kier molecular flexibility index (Phi) is 4.49. The minimum absolute atomic E-state index is 0.318. The summed E-state index contributed by atoms with van der Waals surface area (Å²) in [5.74, 6) is -0.0846. The van der Waals surface area contributed by atoms with Crippen LogP contribution in [-0.2, 0) is 0 Å². The Bertz CT molecular complexity index is 1350. The van der Waals surface area contributed by atoms with E-state index >= 15 is 0 Å². The molecule has 146 valence electrons. The first-order valence-electron chi connectivity index (χ1n) is 8.96. The number of benzene rings is 2. The van der Waals surface area contributed by atoms with Gasteiger partial charge in [-0.1, -0.05) is 12.1 Å². The maximum atomic E-state index is 13.1. The molecule has 0 atom stereocenters. The van der Waals surface area contributed by atoms with E-state index in [1.165, 1.54) is 35.6 Å². The van der Waals surface area contributed by atoms with Gasteiger partial charge in [0.25, 0.3) is 5.91 Å². The molecule has 3 heterocycles. The van der Waals surface area contributed by atoms with Crippen LogP contribution in [-0.4, -0.2) is 30.7 Å². The van der Waals surface area contributed by atoms with E-state index in [-0.39, 0.29) is 11.7 Å². The molecule has 1 N–H and O–H groups in total. The molecular weight excluding hydrogens is 403 g/mol. The molecule has 0 aliphatic carbocycles. The SMILES string of the molecule is O=C(Nc1cccc(-c2ccc3nnc(-c4cncs4)n3n2)c1)c1ccc(F)cc1. The molecule has 0 fully saturated rings. The number of halogens is 1. The van der Waals surface area contributed by atoms with Gasteiger partial charge in [-0.3, -0.25) is 9.78 Å². The third-order valence-corrected chi connectivity index (χ3v) is 5.21. The van der Waals surface area contributed by atoms with Gasteiger partial charge in [-0.2, -0.15) is 9.61 Å². The van der Waals surface area contributed by atoms with E-state index in [9.17, 15) is 9.18 Å². The van der Waals surface area contributed by atoms with Crippen LogP contribution in [0.15, 0.2) is 72.4 Å². The van der Waals surface area contributed by atoms with Crippen molar-refractivity contribution in [1.29, 1.82) is 0 Å². The molecule has 0 saturated heterocycles.